The Hall–Kier alpha value is -2.92. The highest BCUT2D eigenvalue weighted by molar-refractivity contribution is 5.94. The second-order valence-electron chi connectivity index (χ2n) is 6.99. The van der Waals surface area contributed by atoms with Crippen LogP contribution in [0.5, 0.6) is 0 Å². The number of furan rings is 1. The Morgan fingerprint density at radius 1 is 1.29 bits per heavy atom. The van der Waals surface area contributed by atoms with E-state index in [0.29, 0.717) is 18.7 Å². The average molecular weight is 442 g/mol. The number of carboxylic acids is 1. The van der Waals surface area contributed by atoms with Crippen molar-refractivity contribution in [3.05, 3.63) is 54.2 Å². The molecule has 1 amide bonds. The van der Waals surface area contributed by atoms with Crippen molar-refractivity contribution in [2.24, 2.45) is 0 Å². The molecule has 0 aliphatic carbocycles. The van der Waals surface area contributed by atoms with Crippen molar-refractivity contribution >= 4 is 11.9 Å². The highest BCUT2D eigenvalue weighted by Crippen LogP contribution is 2.32. The number of fused-ring (bicyclic) bond motifs is 1. The summed E-state index contributed by atoms with van der Waals surface area (Å²) in [5.41, 5.74) is 1.45. The summed E-state index contributed by atoms with van der Waals surface area (Å²) in [5.74, 6) is -2.78. The first-order valence-corrected chi connectivity index (χ1v) is 9.53. The fourth-order valence-electron chi connectivity index (χ4n) is 3.52. The van der Waals surface area contributed by atoms with Crippen LogP contribution in [0, 0.1) is 0 Å². The van der Waals surface area contributed by atoms with Gasteiger partial charge < -0.3 is 23.9 Å². The van der Waals surface area contributed by atoms with Crippen LogP contribution in [-0.2, 0) is 20.9 Å². The Labute approximate surface area is 175 Å². The number of likely N-dealkylation sites (tertiary alicyclic amines) is 1. The van der Waals surface area contributed by atoms with Gasteiger partial charge in [-0.15, -0.1) is 0 Å². The molecule has 8 nitrogen and oxygen atoms in total. The Balaban J connectivity index is 0.000000339. The SMILES string of the molecule is O=C(O)C(F)(F)F.O=C(c1ccoc1)N1C[C@@H](OCc2ccccn2)[C@@H]2OCCC[C@@H]21. The number of pyridine rings is 1. The van der Waals surface area contributed by atoms with Crippen LogP contribution in [0.15, 0.2) is 47.4 Å². The fourth-order valence-corrected chi connectivity index (χ4v) is 3.52. The molecule has 0 unspecified atom stereocenters. The molecule has 168 valence electrons. The highest BCUT2D eigenvalue weighted by Gasteiger charge is 2.47. The number of halogens is 3. The van der Waals surface area contributed by atoms with E-state index in [1.807, 2.05) is 23.1 Å². The second-order valence-corrected chi connectivity index (χ2v) is 6.99. The normalized spacial score (nSPS) is 22.9. The van der Waals surface area contributed by atoms with Crippen LogP contribution in [0.4, 0.5) is 13.2 Å². The summed E-state index contributed by atoms with van der Waals surface area (Å²) in [5, 5.41) is 7.12. The lowest BCUT2D eigenvalue weighted by Crippen LogP contribution is -2.43. The maximum atomic E-state index is 12.7. The van der Waals surface area contributed by atoms with E-state index in [4.69, 9.17) is 23.8 Å². The zero-order chi connectivity index (χ0) is 22.4. The van der Waals surface area contributed by atoms with Crippen molar-refractivity contribution in [2.75, 3.05) is 13.2 Å². The lowest BCUT2D eigenvalue weighted by Gasteiger charge is -2.32. The van der Waals surface area contributed by atoms with Crippen LogP contribution in [0.1, 0.15) is 28.9 Å². The number of hydrogen-bond acceptors (Lipinski definition) is 6. The molecule has 4 heterocycles. The van der Waals surface area contributed by atoms with E-state index < -0.39 is 12.1 Å². The minimum absolute atomic E-state index is 0.0202. The highest BCUT2D eigenvalue weighted by atomic mass is 19.4. The molecule has 0 spiro atoms. The first kappa shape index (κ1) is 22.8. The smallest absolute Gasteiger partial charge is 0.475 e. The van der Waals surface area contributed by atoms with Crippen molar-refractivity contribution in [2.45, 2.75) is 43.9 Å². The number of aromatic nitrogens is 1. The van der Waals surface area contributed by atoms with E-state index in [-0.39, 0.29) is 24.2 Å². The van der Waals surface area contributed by atoms with Crippen LogP contribution in [0.25, 0.3) is 0 Å². The van der Waals surface area contributed by atoms with Gasteiger partial charge in [0.25, 0.3) is 5.91 Å². The molecule has 1 N–H and O–H groups in total. The third-order valence-electron chi connectivity index (χ3n) is 4.92. The molecule has 2 aliphatic rings. The molecule has 4 rings (SSSR count). The van der Waals surface area contributed by atoms with Gasteiger partial charge in [0, 0.05) is 12.8 Å². The fraction of sp³-hybridized carbons (Fsp3) is 0.450. The Bertz CT molecular complexity index is 860. The van der Waals surface area contributed by atoms with Gasteiger partial charge in [0.15, 0.2) is 0 Å². The number of carboxylic acid groups (broad SMARTS) is 1. The number of nitrogens with zero attached hydrogens (tertiary/aromatic N) is 2. The first-order chi connectivity index (χ1) is 14.8. The summed E-state index contributed by atoms with van der Waals surface area (Å²) in [7, 11) is 0. The molecule has 0 saturated carbocycles. The molecule has 3 atom stereocenters. The van der Waals surface area contributed by atoms with E-state index in [0.717, 1.165) is 25.1 Å². The van der Waals surface area contributed by atoms with Crippen LogP contribution < -0.4 is 0 Å². The predicted molar refractivity (Wildman–Crippen MR) is 99.0 cm³/mol. The summed E-state index contributed by atoms with van der Waals surface area (Å²) < 4.78 is 48.8. The number of hydrogen-bond donors (Lipinski definition) is 1. The van der Waals surface area contributed by atoms with Crippen molar-refractivity contribution in [3.8, 4) is 0 Å². The van der Waals surface area contributed by atoms with Gasteiger partial charge in [-0.3, -0.25) is 9.78 Å². The van der Waals surface area contributed by atoms with Gasteiger partial charge in [-0.05, 0) is 31.0 Å². The van der Waals surface area contributed by atoms with Gasteiger partial charge in [-0.1, -0.05) is 6.07 Å². The zero-order valence-electron chi connectivity index (χ0n) is 16.3. The van der Waals surface area contributed by atoms with E-state index in [9.17, 15) is 18.0 Å². The molecule has 0 radical (unpaired) electrons. The molecule has 0 aromatic carbocycles. The molecule has 2 aromatic heterocycles. The van der Waals surface area contributed by atoms with E-state index in [1.165, 1.54) is 12.5 Å². The first-order valence-electron chi connectivity index (χ1n) is 9.53. The summed E-state index contributed by atoms with van der Waals surface area (Å²) in [6, 6.07) is 7.51. The lowest BCUT2D eigenvalue weighted by molar-refractivity contribution is -0.192. The Morgan fingerprint density at radius 2 is 2.06 bits per heavy atom. The molecule has 2 saturated heterocycles. The van der Waals surface area contributed by atoms with Gasteiger partial charge >= 0.3 is 12.1 Å². The quantitative estimate of drug-likeness (QED) is 0.777. The van der Waals surface area contributed by atoms with Crippen LogP contribution in [0.3, 0.4) is 0 Å². The van der Waals surface area contributed by atoms with E-state index in [1.54, 1.807) is 12.3 Å². The molecule has 2 aromatic rings. The zero-order valence-corrected chi connectivity index (χ0v) is 16.3. The third-order valence-corrected chi connectivity index (χ3v) is 4.92. The molecule has 31 heavy (non-hydrogen) atoms. The van der Waals surface area contributed by atoms with Gasteiger partial charge in [-0.25, -0.2) is 4.79 Å². The van der Waals surface area contributed by atoms with Crippen molar-refractivity contribution < 1.29 is 41.8 Å². The van der Waals surface area contributed by atoms with E-state index in [2.05, 4.69) is 4.98 Å². The topological polar surface area (TPSA) is 102 Å². The number of aliphatic carboxylic acids is 1. The lowest BCUT2D eigenvalue weighted by atomic mass is 10.0. The van der Waals surface area contributed by atoms with Crippen molar-refractivity contribution in [1.29, 1.82) is 0 Å². The number of carbonyl (C=O) groups is 2. The average Bonchev–Trinajstić information content (AvgIpc) is 3.41. The third kappa shape index (κ3) is 5.82. The van der Waals surface area contributed by atoms with Gasteiger partial charge in [0.1, 0.15) is 18.5 Å². The minimum atomic E-state index is -5.08. The van der Waals surface area contributed by atoms with Crippen LogP contribution >= 0.6 is 0 Å². The molecule has 0 bridgehead atoms. The minimum Gasteiger partial charge on any atom is -0.475 e. The number of alkyl halides is 3. The van der Waals surface area contributed by atoms with Crippen molar-refractivity contribution in [3.63, 3.8) is 0 Å². The summed E-state index contributed by atoms with van der Waals surface area (Å²) >= 11 is 0. The number of ether oxygens (including phenoxy) is 2. The van der Waals surface area contributed by atoms with Gasteiger partial charge in [0.05, 0.1) is 36.7 Å². The standard InChI is InChI=1S/C18H20N2O4.C2HF3O2/c21-18(13-6-9-22-11-13)20-10-16(17-15(20)5-3-8-23-17)24-12-14-4-1-2-7-19-14;3-2(4,5)1(6)7/h1-2,4,6-7,9,11,15-17H,3,5,8,10,12H2;(H,6,7)/t15-,16+,17+;/m0./s1. The number of rotatable bonds is 4. The maximum absolute atomic E-state index is 12.7. The monoisotopic (exact) mass is 442 g/mol. The molecular weight excluding hydrogens is 421 g/mol. The Morgan fingerprint density at radius 3 is 2.68 bits per heavy atom. The summed E-state index contributed by atoms with van der Waals surface area (Å²) in [4.78, 5) is 27.8. The van der Waals surface area contributed by atoms with Gasteiger partial charge in [0.2, 0.25) is 0 Å². The van der Waals surface area contributed by atoms with Gasteiger partial charge in [-0.2, -0.15) is 13.2 Å². The number of amides is 1. The van der Waals surface area contributed by atoms with Crippen LogP contribution in [0.2, 0.25) is 0 Å². The largest absolute Gasteiger partial charge is 0.490 e. The van der Waals surface area contributed by atoms with E-state index >= 15 is 0 Å². The van der Waals surface area contributed by atoms with Crippen molar-refractivity contribution in [1.82, 2.24) is 9.88 Å². The second kappa shape index (κ2) is 9.92. The molecule has 2 aliphatic heterocycles. The Kier molecular flexibility index (Phi) is 7.29. The molecular formula is C20H21F3N2O6. The van der Waals surface area contributed by atoms with Crippen LogP contribution in [-0.4, -0.2) is 64.4 Å². The number of carbonyl (C=O) groups excluding carboxylic acids is 1. The predicted octanol–water partition coefficient (Wildman–Crippen LogP) is 2.90. The molecule has 2 fully saturated rings. The maximum Gasteiger partial charge on any atom is 0.490 e. The summed E-state index contributed by atoms with van der Waals surface area (Å²) in [6.07, 6.45) is 1.38. The summed E-state index contributed by atoms with van der Waals surface area (Å²) in [6.45, 7) is 1.68. The molecule has 11 heteroatoms.